The van der Waals surface area contributed by atoms with Crippen molar-refractivity contribution in [3.05, 3.63) is 36.7 Å². The molecule has 0 aliphatic heterocycles. The number of hydrogen-bond donors (Lipinski definition) is 0. The molecule has 0 saturated heterocycles. The van der Waals surface area contributed by atoms with Gasteiger partial charge < -0.3 is 4.57 Å². The molecule has 3 aromatic rings. The third-order valence-corrected chi connectivity index (χ3v) is 2.96. The molecule has 3 heteroatoms. The van der Waals surface area contributed by atoms with Gasteiger partial charge in [-0.2, -0.15) is 0 Å². The summed E-state index contributed by atoms with van der Waals surface area (Å²) in [6.45, 7) is 6.53. The molecule has 0 spiro atoms. The van der Waals surface area contributed by atoms with E-state index in [2.05, 4.69) is 47.4 Å². The van der Waals surface area contributed by atoms with Crippen LogP contribution in [0.2, 0.25) is 0 Å². The molecule has 3 aromatic heterocycles. The van der Waals surface area contributed by atoms with Crippen molar-refractivity contribution >= 4 is 22.1 Å². The Labute approximate surface area is 100 Å². The van der Waals surface area contributed by atoms with E-state index in [-0.39, 0.29) is 5.54 Å². The summed E-state index contributed by atoms with van der Waals surface area (Å²) in [6.07, 6.45) is 3.67. The molecule has 86 valence electrons. The maximum absolute atomic E-state index is 4.51. The molecule has 0 unspecified atom stereocenters. The monoisotopic (exact) mass is 225 g/mol. The van der Waals surface area contributed by atoms with Crippen LogP contribution in [-0.4, -0.2) is 14.5 Å². The smallest absolute Gasteiger partial charge is 0.142 e. The molecule has 0 aliphatic rings. The Bertz CT molecular complexity index is 636. The Kier molecular flexibility index (Phi) is 1.99. The Morgan fingerprint density at radius 3 is 1.76 bits per heavy atom. The zero-order valence-corrected chi connectivity index (χ0v) is 10.3. The van der Waals surface area contributed by atoms with E-state index < -0.39 is 0 Å². The van der Waals surface area contributed by atoms with Gasteiger partial charge in [-0.1, -0.05) is 0 Å². The predicted octanol–water partition coefficient (Wildman–Crippen LogP) is 3.34. The number of aromatic nitrogens is 3. The first kappa shape index (κ1) is 10.3. The van der Waals surface area contributed by atoms with Crippen LogP contribution in [0.15, 0.2) is 36.7 Å². The molecular formula is C14H15N3. The van der Waals surface area contributed by atoms with Crippen LogP contribution >= 0.6 is 0 Å². The summed E-state index contributed by atoms with van der Waals surface area (Å²) in [7, 11) is 0. The van der Waals surface area contributed by atoms with Crippen molar-refractivity contribution in [3.8, 4) is 0 Å². The summed E-state index contributed by atoms with van der Waals surface area (Å²) in [4.78, 5) is 9.02. The second-order valence-electron chi connectivity index (χ2n) is 5.26. The number of fused-ring (bicyclic) bond motifs is 3. The van der Waals surface area contributed by atoms with Gasteiger partial charge in [-0.15, -0.1) is 0 Å². The van der Waals surface area contributed by atoms with Crippen LogP contribution < -0.4 is 0 Å². The fourth-order valence-electron chi connectivity index (χ4n) is 2.31. The molecule has 3 heterocycles. The van der Waals surface area contributed by atoms with Crippen LogP contribution in [0.5, 0.6) is 0 Å². The van der Waals surface area contributed by atoms with Gasteiger partial charge in [0.15, 0.2) is 0 Å². The van der Waals surface area contributed by atoms with Crippen LogP contribution in [0.25, 0.3) is 22.1 Å². The Hall–Kier alpha value is -1.90. The molecular weight excluding hydrogens is 210 g/mol. The lowest BCUT2D eigenvalue weighted by Gasteiger charge is -2.22. The normalized spacial score (nSPS) is 12.4. The van der Waals surface area contributed by atoms with Gasteiger partial charge in [0.05, 0.1) is 0 Å². The third kappa shape index (κ3) is 1.42. The first-order valence-electron chi connectivity index (χ1n) is 5.80. The van der Waals surface area contributed by atoms with E-state index in [1.807, 2.05) is 24.5 Å². The zero-order valence-electron chi connectivity index (χ0n) is 10.3. The van der Waals surface area contributed by atoms with Gasteiger partial charge in [0.2, 0.25) is 0 Å². The highest BCUT2D eigenvalue weighted by atomic mass is 15.1. The van der Waals surface area contributed by atoms with Crippen molar-refractivity contribution in [2.75, 3.05) is 0 Å². The fourth-order valence-corrected chi connectivity index (χ4v) is 2.31. The largest absolute Gasteiger partial charge is 0.305 e. The summed E-state index contributed by atoms with van der Waals surface area (Å²) in [5.41, 5.74) is 1.99. The maximum Gasteiger partial charge on any atom is 0.142 e. The number of rotatable bonds is 0. The number of hydrogen-bond acceptors (Lipinski definition) is 2. The Morgan fingerprint density at radius 1 is 0.882 bits per heavy atom. The van der Waals surface area contributed by atoms with Crippen molar-refractivity contribution in [2.24, 2.45) is 0 Å². The Morgan fingerprint density at radius 2 is 1.35 bits per heavy atom. The molecule has 3 nitrogen and oxygen atoms in total. The van der Waals surface area contributed by atoms with Gasteiger partial charge in [-0.25, -0.2) is 9.97 Å². The molecule has 0 aliphatic carbocycles. The van der Waals surface area contributed by atoms with Gasteiger partial charge in [0, 0.05) is 28.7 Å². The molecule has 0 fully saturated rings. The van der Waals surface area contributed by atoms with Crippen molar-refractivity contribution in [1.29, 1.82) is 0 Å². The minimum Gasteiger partial charge on any atom is -0.305 e. The summed E-state index contributed by atoms with van der Waals surface area (Å²) >= 11 is 0. The van der Waals surface area contributed by atoms with E-state index in [1.165, 1.54) is 10.8 Å². The van der Waals surface area contributed by atoms with Crippen LogP contribution in [0.1, 0.15) is 20.8 Å². The van der Waals surface area contributed by atoms with Crippen LogP contribution in [0.3, 0.4) is 0 Å². The van der Waals surface area contributed by atoms with Crippen LogP contribution in [-0.2, 0) is 5.54 Å². The summed E-state index contributed by atoms with van der Waals surface area (Å²) < 4.78 is 2.21. The maximum atomic E-state index is 4.51. The minimum absolute atomic E-state index is 0.0251. The molecule has 0 bridgehead atoms. The predicted molar refractivity (Wildman–Crippen MR) is 70.0 cm³/mol. The van der Waals surface area contributed by atoms with E-state index in [0.717, 1.165) is 11.3 Å². The topological polar surface area (TPSA) is 30.7 Å². The first-order valence-corrected chi connectivity index (χ1v) is 5.80. The van der Waals surface area contributed by atoms with E-state index in [0.29, 0.717) is 0 Å². The molecule has 3 rings (SSSR count). The highest BCUT2D eigenvalue weighted by Gasteiger charge is 2.21. The number of pyridine rings is 2. The van der Waals surface area contributed by atoms with Crippen molar-refractivity contribution in [3.63, 3.8) is 0 Å². The van der Waals surface area contributed by atoms with Crippen LogP contribution in [0.4, 0.5) is 0 Å². The van der Waals surface area contributed by atoms with E-state index in [1.54, 1.807) is 0 Å². The van der Waals surface area contributed by atoms with E-state index >= 15 is 0 Å². The van der Waals surface area contributed by atoms with E-state index in [9.17, 15) is 0 Å². The molecule has 0 atom stereocenters. The molecule has 0 saturated carbocycles. The summed E-state index contributed by atoms with van der Waals surface area (Å²) in [6, 6.07) is 8.16. The zero-order chi connectivity index (χ0) is 12.0. The average molecular weight is 225 g/mol. The van der Waals surface area contributed by atoms with Crippen LogP contribution in [0, 0.1) is 0 Å². The van der Waals surface area contributed by atoms with Crippen molar-refractivity contribution in [2.45, 2.75) is 26.3 Å². The average Bonchev–Trinajstić information content (AvgIpc) is 2.63. The van der Waals surface area contributed by atoms with E-state index in [4.69, 9.17) is 0 Å². The van der Waals surface area contributed by atoms with Gasteiger partial charge in [-0.3, -0.25) is 0 Å². The second-order valence-corrected chi connectivity index (χ2v) is 5.26. The Balaban J connectivity index is 2.60. The molecule has 17 heavy (non-hydrogen) atoms. The molecule has 0 aromatic carbocycles. The summed E-state index contributed by atoms with van der Waals surface area (Å²) in [5, 5.41) is 2.34. The lowest BCUT2D eigenvalue weighted by molar-refractivity contribution is 0.418. The highest BCUT2D eigenvalue weighted by Crippen LogP contribution is 2.30. The highest BCUT2D eigenvalue weighted by molar-refractivity contribution is 6.05. The van der Waals surface area contributed by atoms with Gasteiger partial charge in [0.25, 0.3) is 0 Å². The molecule has 0 radical (unpaired) electrons. The molecule has 0 N–H and O–H groups in total. The first-order chi connectivity index (χ1) is 8.09. The second kappa shape index (κ2) is 3.29. The lowest BCUT2D eigenvalue weighted by atomic mass is 10.1. The van der Waals surface area contributed by atoms with Gasteiger partial charge in [0.1, 0.15) is 11.3 Å². The SMILES string of the molecule is CC(C)(C)n1c2ncccc2c2cccnc21. The van der Waals surface area contributed by atoms with Crippen molar-refractivity contribution in [1.82, 2.24) is 14.5 Å². The van der Waals surface area contributed by atoms with Crippen molar-refractivity contribution < 1.29 is 0 Å². The quantitative estimate of drug-likeness (QED) is 0.587. The van der Waals surface area contributed by atoms with Gasteiger partial charge >= 0.3 is 0 Å². The summed E-state index contributed by atoms with van der Waals surface area (Å²) in [5.74, 6) is 0. The fraction of sp³-hybridized carbons (Fsp3) is 0.286. The number of nitrogens with zero attached hydrogens (tertiary/aromatic N) is 3. The minimum atomic E-state index is -0.0251. The third-order valence-electron chi connectivity index (χ3n) is 2.96. The van der Waals surface area contributed by atoms with Gasteiger partial charge in [-0.05, 0) is 45.0 Å². The standard InChI is InChI=1S/C14H15N3/c1-14(2,3)17-12-10(6-4-8-15-12)11-7-5-9-16-13(11)17/h4-9H,1-3H3. The molecule has 0 amide bonds. The lowest BCUT2D eigenvalue weighted by Crippen LogP contribution is -2.22.